The summed E-state index contributed by atoms with van der Waals surface area (Å²) in [7, 11) is 0. The molecule has 2 amide bonds. The van der Waals surface area contributed by atoms with Crippen molar-refractivity contribution in [3.05, 3.63) is 41.6 Å². The molecule has 0 aliphatic carbocycles. The fraction of sp³-hybridized carbons (Fsp3) is 0.333. The highest BCUT2D eigenvalue weighted by Gasteiger charge is 2.53. The molecule has 3 N–H and O–H groups in total. The molecule has 13 nitrogen and oxygen atoms in total. The first kappa shape index (κ1) is 22.6. The quantitative estimate of drug-likeness (QED) is 0.176. The van der Waals surface area contributed by atoms with Crippen molar-refractivity contribution >= 4 is 51.9 Å². The summed E-state index contributed by atoms with van der Waals surface area (Å²) in [6.45, 7) is 2.07. The van der Waals surface area contributed by atoms with Gasteiger partial charge in [0.2, 0.25) is 11.5 Å². The fourth-order valence-corrected chi connectivity index (χ4v) is 5.07. The molecule has 4 heterocycles. The van der Waals surface area contributed by atoms with Crippen molar-refractivity contribution in [1.82, 2.24) is 24.7 Å². The van der Waals surface area contributed by atoms with Crippen LogP contribution in [0.3, 0.4) is 0 Å². The van der Waals surface area contributed by atoms with Crippen LogP contribution < -0.4 is 20.8 Å². The summed E-state index contributed by atoms with van der Waals surface area (Å²) < 4.78 is 5.52. The number of oxime groups is 1. The maximum absolute atomic E-state index is 12.9. The number of carbonyl (C=O) groups is 3. The number of aromatic nitrogens is 4. The molecule has 15 heteroatoms. The summed E-state index contributed by atoms with van der Waals surface area (Å²) in [4.78, 5) is 47.6. The van der Waals surface area contributed by atoms with E-state index in [2.05, 4.69) is 24.9 Å². The van der Waals surface area contributed by atoms with Gasteiger partial charge in [0.15, 0.2) is 17.9 Å². The van der Waals surface area contributed by atoms with E-state index in [9.17, 15) is 19.5 Å². The summed E-state index contributed by atoms with van der Waals surface area (Å²) in [5.41, 5.74) is 5.63. The number of β-lactam (4-membered cyclic amide) rings is 1. The van der Waals surface area contributed by atoms with Gasteiger partial charge < -0.3 is 25.8 Å². The Balaban J connectivity index is 1.53. The lowest BCUT2D eigenvalue weighted by molar-refractivity contribution is -0.746. The number of hydrogen-bond acceptors (Lipinski definition) is 12. The van der Waals surface area contributed by atoms with Crippen molar-refractivity contribution < 1.29 is 29.0 Å². The summed E-state index contributed by atoms with van der Waals surface area (Å²) >= 11 is 2.21. The zero-order chi connectivity index (χ0) is 23.5. The SMILES string of the molecule is CCON=C(C(=O)NC1C(=O)N2C(C(=O)[O-])=C(C[n+]3ccccn3)CS[C@H]12)c1nsc(N)n1. The van der Waals surface area contributed by atoms with Gasteiger partial charge in [-0.2, -0.15) is 9.36 Å². The van der Waals surface area contributed by atoms with Crippen molar-refractivity contribution in [3.8, 4) is 0 Å². The second-order valence-electron chi connectivity index (χ2n) is 6.81. The van der Waals surface area contributed by atoms with Crippen molar-refractivity contribution in [2.24, 2.45) is 5.16 Å². The molecular formula is C18H18N8O5S2. The minimum absolute atomic E-state index is 0.0339. The molecule has 0 radical (unpaired) electrons. The first-order valence-electron chi connectivity index (χ1n) is 9.69. The molecule has 1 saturated heterocycles. The lowest BCUT2D eigenvalue weighted by Crippen LogP contribution is -2.71. The minimum atomic E-state index is -1.47. The molecule has 0 bridgehead atoms. The molecule has 2 aliphatic heterocycles. The van der Waals surface area contributed by atoms with Crippen molar-refractivity contribution in [3.63, 3.8) is 0 Å². The van der Waals surface area contributed by atoms with Gasteiger partial charge in [-0.3, -0.25) is 14.5 Å². The van der Waals surface area contributed by atoms with E-state index in [1.165, 1.54) is 11.8 Å². The standard InChI is InChI=1S/C18H18N8O5S2/c1-2-31-23-10(13-22-18(19)33-24-13)14(27)21-11-15(28)26-12(17(29)30)9(8-32-16(11)26)7-25-6-4-3-5-20-25/h3-6,11,16H,2,7-8H2,1H3,(H3-,19,21,22,24,27,29,30)/t11?,16-/m1/s1. The molecule has 1 fully saturated rings. The minimum Gasteiger partial charge on any atom is -0.543 e. The second-order valence-corrected chi connectivity index (χ2v) is 8.70. The lowest BCUT2D eigenvalue weighted by Gasteiger charge is -2.50. The molecule has 0 aromatic carbocycles. The zero-order valence-electron chi connectivity index (χ0n) is 17.2. The Morgan fingerprint density at radius 3 is 2.91 bits per heavy atom. The van der Waals surface area contributed by atoms with E-state index in [1.54, 1.807) is 36.1 Å². The topological polar surface area (TPSA) is 180 Å². The van der Waals surface area contributed by atoms with Crippen LogP contribution >= 0.6 is 23.3 Å². The highest BCUT2D eigenvalue weighted by Crippen LogP contribution is 2.40. The number of fused-ring (bicyclic) bond motifs is 1. The van der Waals surface area contributed by atoms with Crippen LogP contribution in [0.2, 0.25) is 0 Å². The highest BCUT2D eigenvalue weighted by atomic mass is 32.2. The molecule has 4 rings (SSSR count). The molecule has 0 spiro atoms. The van der Waals surface area contributed by atoms with Crippen molar-refractivity contribution in [2.45, 2.75) is 24.9 Å². The molecule has 2 atom stereocenters. The number of thioether (sulfide) groups is 1. The molecule has 0 saturated carbocycles. The molecular weight excluding hydrogens is 472 g/mol. The number of carboxylic acids is 1. The summed E-state index contributed by atoms with van der Waals surface area (Å²) in [6, 6.07) is 2.53. The fourth-order valence-electron chi connectivity index (χ4n) is 3.30. The number of carboxylic acid groups (broad SMARTS) is 1. The second kappa shape index (κ2) is 9.50. The van der Waals surface area contributed by atoms with Crippen LogP contribution in [0.25, 0.3) is 0 Å². The summed E-state index contributed by atoms with van der Waals surface area (Å²) in [5, 5.41) is 21.9. The number of nitrogens with zero attached hydrogens (tertiary/aromatic N) is 6. The van der Waals surface area contributed by atoms with Gasteiger partial charge in [0.25, 0.3) is 11.8 Å². The van der Waals surface area contributed by atoms with Gasteiger partial charge in [0.05, 0.1) is 17.9 Å². The Hall–Kier alpha value is -3.59. The summed E-state index contributed by atoms with van der Waals surface area (Å²) in [6.07, 6.45) is 3.26. The first-order valence-corrected chi connectivity index (χ1v) is 11.5. The Morgan fingerprint density at radius 1 is 1.45 bits per heavy atom. The van der Waals surface area contributed by atoms with E-state index in [1.807, 2.05) is 0 Å². The Bertz CT molecular complexity index is 1150. The number of amides is 2. The third-order valence-corrected chi connectivity index (χ3v) is 6.59. The molecule has 2 aliphatic rings. The number of nitrogens with one attached hydrogen (secondary N) is 1. The van der Waals surface area contributed by atoms with Crippen molar-refractivity contribution in [1.29, 1.82) is 0 Å². The van der Waals surface area contributed by atoms with E-state index >= 15 is 0 Å². The summed E-state index contributed by atoms with van der Waals surface area (Å²) in [5.74, 6) is -2.50. The van der Waals surface area contributed by atoms with E-state index in [4.69, 9.17) is 10.6 Å². The predicted molar refractivity (Wildman–Crippen MR) is 114 cm³/mol. The normalized spacial score (nSPS) is 20.2. The number of nitrogens with two attached hydrogens (primary N) is 1. The molecule has 2 aromatic rings. The van der Waals surface area contributed by atoms with Gasteiger partial charge >= 0.3 is 0 Å². The highest BCUT2D eigenvalue weighted by molar-refractivity contribution is 8.00. The van der Waals surface area contributed by atoms with Gasteiger partial charge in [-0.05, 0) is 18.1 Å². The molecule has 172 valence electrons. The van der Waals surface area contributed by atoms with Gasteiger partial charge in [-0.15, -0.1) is 11.8 Å². The predicted octanol–water partition coefficient (Wildman–Crippen LogP) is -2.35. The van der Waals surface area contributed by atoms with Gasteiger partial charge in [0, 0.05) is 28.9 Å². The van der Waals surface area contributed by atoms with E-state index in [0.29, 0.717) is 11.3 Å². The third kappa shape index (κ3) is 4.49. The monoisotopic (exact) mass is 490 g/mol. The number of carbonyl (C=O) groups excluding carboxylic acids is 3. The lowest BCUT2D eigenvalue weighted by atomic mass is 10.0. The average molecular weight is 491 g/mol. The maximum atomic E-state index is 12.9. The van der Waals surface area contributed by atoms with Gasteiger partial charge in [-0.1, -0.05) is 9.84 Å². The smallest absolute Gasteiger partial charge is 0.278 e. The number of hydrogen-bond donors (Lipinski definition) is 2. The van der Waals surface area contributed by atoms with Crippen LogP contribution in [0.15, 0.2) is 41.0 Å². The van der Waals surface area contributed by atoms with Gasteiger partial charge in [-0.25, -0.2) is 0 Å². The van der Waals surface area contributed by atoms with E-state index in [-0.39, 0.29) is 35.5 Å². The third-order valence-electron chi connectivity index (χ3n) is 4.70. The number of nitrogen functional groups attached to an aromatic ring is 1. The van der Waals surface area contributed by atoms with Crippen LogP contribution in [0, 0.1) is 0 Å². The van der Waals surface area contributed by atoms with Crippen LogP contribution in [0.1, 0.15) is 12.7 Å². The van der Waals surface area contributed by atoms with Crippen LogP contribution in [0.4, 0.5) is 5.13 Å². The van der Waals surface area contributed by atoms with E-state index < -0.39 is 29.2 Å². The van der Waals surface area contributed by atoms with Crippen LogP contribution in [-0.4, -0.2) is 66.6 Å². The zero-order valence-corrected chi connectivity index (χ0v) is 18.8. The Kier molecular flexibility index (Phi) is 6.50. The Labute approximate surface area is 195 Å². The maximum Gasteiger partial charge on any atom is 0.278 e. The van der Waals surface area contributed by atoms with Gasteiger partial charge in [0.1, 0.15) is 18.0 Å². The number of aliphatic carboxylic acids is 1. The largest absolute Gasteiger partial charge is 0.543 e. The first-order chi connectivity index (χ1) is 15.9. The Morgan fingerprint density at radius 2 is 2.27 bits per heavy atom. The number of anilines is 1. The van der Waals surface area contributed by atoms with E-state index in [0.717, 1.165) is 16.4 Å². The molecule has 1 unspecified atom stereocenters. The molecule has 2 aromatic heterocycles. The van der Waals surface area contributed by atoms with Crippen LogP contribution in [-0.2, 0) is 25.8 Å². The number of rotatable bonds is 8. The van der Waals surface area contributed by atoms with Crippen LogP contribution in [0.5, 0.6) is 0 Å². The van der Waals surface area contributed by atoms with Crippen molar-refractivity contribution in [2.75, 3.05) is 18.1 Å². The average Bonchev–Trinajstić information content (AvgIpc) is 3.23. The molecule has 33 heavy (non-hydrogen) atoms.